The summed E-state index contributed by atoms with van der Waals surface area (Å²) in [5.74, 6) is -1.19. The zero-order valence-electron chi connectivity index (χ0n) is 9.59. The molecule has 1 aromatic carbocycles. The predicted molar refractivity (Wildman–Crippen MR) is 66.5 cm³/mol. The standard InChI is InChI=1S/C13H12N2O3/c14-10(13(17)18)9-6-8-3-1-2-7-4-5-15(11(7)8)12(9)16/h1-3,6,10H,4-5,14H2,(H,17,18). The van der Waals surface area contributed by atoms with Gasteiger partial charge in [0.2, 0.25) is 0 Å². The average molecular weight is 244 g/mol. The van der Waals surface area contributed by atoms with E-state index in [1.807, 2.05) is 18.2 Å². The lowest BCUT2D eigenvalue weighted by molar-refractivity contribution is -0.138. The van der Waals surface area contributed by atoms with E-state index in [0.717, 1.165) is 22.9 Å². The first-order valence-corrected chi connectivity index (χ1v) is 5.73. The Labute approximate surface area is 102 Å². The van der Waals surface area contributed by atoms with Crippen molar-refractivity contribution in [2.24, 2.45) is 5.73 Å². The van der Waals surface area contributed by atoms with Crippen molar-refractivity contribution in [3.8, 4) is 0 Å². The van der Waals surface area contributed by atoms with Crippen molar-refractivity contribution in [1.29, 1.82) is 0 Å². The third-order valence-corrected chi connectivity index (χ3v) is 3.43. The molecule has 0 amide bonds. The van der Waals surface area contributed by atoms with Crippen molar-refractivity contribution >= 4 is 16.9 Å². The first-order chi connectivity index (χ1) is 8.59. The lowest BCUT2D eigenvalue weighted by atomic mass is 10.0. The largest absolute Gasteiger partial charge is 0.480 e. The van der Waals surface area contributed by atoms with Gasteiger partial charge in [-0.25, -0.2) is 0 Å². The molecule has 92 valence electrons. The summed E-state index contributed by atoms with van der Waals surface area (Å²) in [7, 11) is 0. The predicted octanol–water partition coefficient (Wildman–Crippen LogP) is 0.642. The van der Waals surface area contributed by atoms with Gasteiger partial charge >= 0.3 is 5.97 Å². The van der Waals surface area contributed by atoms with Crippen LogP contribution in [0.2, 0.25) is 0 Å². The van der Waals surface area contributed by atoms with Gasteiger partial charge < -0.3 is 15.4 Å². The van der Waals surface area contributed by atoms with E-state index in [1.165, 1.54) is 0 Å². The van der Waals surface area contributed by atoms with E-state index in [0.29, 0.717) is 6.54 Å². The molecule has 0 radical (unpaired) electrons. The Morgan fingerprint density at radius 3 is 2.94 bits per heavy atom. The van der Waals surface area contributed by atoms with Gasteiger partial charge in [0.25, 0.3) is 5.56 Å². The molecule has 3 rings (SSSR count). The lowest BCUT2D eigenvalue weighted by Crippen LogP contribution is -2.31. The molecule has 2 aromatic rings. The maximum atomic E-state index is 12.2. The zero-order chi connectivity index (χ0) is 12.9. The highest BCUT2D eigenvalue weighted by molar-refractivity contribution is 5.85. The molecule has 0 spiro atoms. The number of hydrogen-bond acceptors (Lipinski definition) is 3. The molecule has 0 saturated heterocycles. The van der Waals surface area contributed by atoms with E-state index in [9.17, 15) is 9.59 Å². The molecular weight excluding hydrogens is 232 g/mol. The minimum absolute atomic E-state index is 0.147. The van der Waals surface area contributed by atoms with Crippen molar-refractivity contribution in [1.82, 2.24) is 4.57 Å². The van der Waals surface area contributed by atoms with E-state index >= 15 is 0 Å². The molecule has 1 unspecified atom stereocenters. The normalized spacial score (nSPS) is 14.9. The number of carboxylic acids is 1. The highest BCUT2D eigenvalue weighted by Gasteiger charge is 2.23. The Kier molecular flexibility index (Phi) is 2.24. The van der Waals surface area contributed by atoms with Gasteiger partial charge in [0, 0.05) is 12.1 Å². The Hall–Kier alpha value is -2.14. The van der Waals surface area contributed by atoms with Gasteiger partial charge in [0.15, 0.2) is 0 Å². The summed E-state index contributed by atoms with van der Waals surface area (Å²) in [5, 5.41) is 9.81. The van der Waals surface area contributed by atoms with Crippen LogP contribution in [0.5, 0.6) is 0 Å². The van der Waals surface area contributed by atoms with Gasteiger partial charge in [-0.3, -0.25) is 9.59 Å². The van der Waals surface area contributed by atoms with Crippen LogP contribution in [0.15, 0.2) is 29.1 Å². The third-order valence-electron chi connectivity index (χ3n) is 3.43. The van der Waals surface area contributed by atoms with E-state index < -0.39 is 12.0 Å². The molecule has 18 heavy (non-hydrogen) atoms. The summed E-state index contributed by atoms with van der Waals surface area (Å²) >= 11 is 0. The van der Waals surface area contributed by atoms with Crippen molar-refractivity contribution in [2.75, 3.05) is 0 Å². The van der Waals surface area contributed by atoms with Crippen LogP contribution in [0.4, 0.5) is 0 Å². The van der Waals surface area contributed by atoms with E-state index in [1.54, 1.807) is 10.6 Å². The SMILES string of the molecule is NC(C(=O)O)c1cc2cccc3c2n(c1=O)CC3. The maximum Gasteiger partial charge on any atom is 0.325 e. The zero-order valence-corrected chi connectivity index (χ0v) is 9.59. The molecule has 1 atom stereocenters. The van der Waals surface area contributed by atoms with Gasteiger partial charge in [-0.15, -0.1) is 0 Å². The number of nitrogens with zero attached hydrogens (tertiary/aromatic N) is 1. The average Bonchev–Trinajstić information content (AvgIpc) is 2.78. The fourth-order valence-corrected chi connectivity index (χ4v) is 2.55. The smallest absolute Gasteiger partial charge is 0.325 e. The van der Waals surface area contributed by atoms with Crippen LogP contribution >= 0.6 is 0 Å². The van der Waals surface area contributed by atoms with Gasteiger partial charge in [0.05, 0.1) is 5.52 Å². The summed E-state index contributed by atoms with van der Waals surface area (Å²) in [6, 6.07) is 6.10. The minimum Gasteiger partial charge on any atom is -0.480 e. The minimum atomic E-state index is -1.27. The molecule has 1 aliphatic rings. The lowest BCUT2D eigenvalue weighted by Gasteiger charge is -2.10. The van der Waals surface area contributed by atoms with Crippen LogP contribution in [0.3, 0.4) is 0 Å². The number of pyridine rings is 1. The second-order valence-electron chi connectivity index (χ2n) is 4.48. The summed E-state index contributed by atoms with van der Waals surface area (Å²) in [6.45, 7) is 0.592. The Bertz CT molecular complexity index is 718. The summed E-state index contributed by atoms with van der Waals surface area (Å²) in [6.07, 6.45) is 0.804. The third kappa shape index (κ3) is 1.37. The van der Waals surface area contributed by atoms with Crippen molar-refractivity contribution in [3.63, 3.8) is 0 Å². The maximum absolute atomic E-state index is 12.2. The first kappa shape index (κ1) is 11.0. The molecule has 5 nitrogen and oxygen atoms in total. The molecule has 3 N–H and O–H groups in total. The number of aliphatic carboxylic acids is 1. The second kappa shape index (κ2) is 3.68. The molecular formula is C13H12N2O3. The Morgan fingerprint density at radius 1 is 1.44 bits per heavy atom. The highest BCUT2D eigenvalue weighted by atomic mass is 16.4. The number of para-hydroxylation sites is 1. The van der Waals surface area contributed by atoms with Gasteiger partial charge in [-0.05, 0) is 23.4 Å². The first-order valence-electron chi connectivity index (χ1n) is 5.73. The molecule has 1 aliphatic heterocycles. The molecule has 0 fully saturated rings. The number of benzene rings is 1. The van der Waals surface area contributed by atoms with Crippen LogP contribution in [-0.4, -0.2) is 15.6 Å². The number of carboxylic acid groups (broad SMARTS) is 1. The fraction of sp³-hybridized carbons (Fsp3) is 0.231. The second-order valence-corrected chi connectivity index (χ2v) is 4.48. The Morgan fingerprint density at radius 2 is 2.22 bits per heavy atom. The number of hydrogen-bond donors (Lipinski definition) is 2. The van der Waals surface area contributed by atoms with Crippen LogP contribution in [0.25, 0.3) is 10.9 Å². The van der Waals surface area contributed by atoms with Crippen molar-refractivity contribution in [2.45, 2.75) is 19.0 Å². The number of carbonyl (C=O) groups is 1. The summed E-state index contributed by atoms with van der Waals surface area (Å²) in [5.41, 5.74) is 7.45. The number of rotatable bonds is 2. The topological polar surface area (TPSA) is 85.3 Å². The van der Waals surface area contributed by atoms with Crippen LogP contribution in [-0.2, 0) is 17.8 Å². The molecule has 2 heterocycles. The van der Waals surface area contributed by atoms with Crippen molar-refractivity contribution in [3.05, 3.63) is 45.7 Å². The van der Waals surface area contributed by atoms with Gasteiger partial charge in [-0.2, -0.15) is 0 Å². The molecule has 0 bridgehead atoms. The van der Waals surface area contributed by atoms with Gasteiger partial charge in [0.1, 0.15) is 6.04 Å². The summed E-state index contributed by atoms with van der Waals surface area (Å²) in [4.78, 5) is 23.1. The van der Waals surface area contributed by atoms with Crippen LogP contribution in [0, 0.1) is 0 Å². The quantitative estimate of drug-likeness (QED) is 0.811. The van der Waals surface area contributed by atoms with Crippen LogP contribution < -0.4 is 11.3 Å². The highest BCUT2D eigenvalue weighted by Crippen LogP contribution is 2.25. The Balaban J connectivity index is 2.36. The fourth-order valence-electron chi connectivity index (χ4n) is 2.55. The monoisotopic (exact) mass is 244 g/mol. The molecule has 0 aliphatic carbocycles. The van der Waals surface area contributed by atoms with Crippen molar-refractivity contribution < 1.29 is 9.90 Å². The number of nitrogens with two attached hydrogens (primary N) is 1. The van der Waals surface area contributed by atoms with E-state index in [-0.39, 0.29) is 11.1 Å². The number of aryl methyl sites for hydroxylation is 2. The van der Waals surface area contributed by atoms with E-state index in [2.05, 4.69) is 0 Å². The van der Waals surface area contributed by atoms with Crippen LogP contribution in [0.1, 0.15) is 17.2 Å². The summed E-state index contributed by atoms with van der Waals surface area (Å²) < 4.78 is 1.63. The van der Waals surface area contributed by atoms with Gasteiger partial charge in [-0.1, -0.05) is 18.2 Å². The molecule has 1 aromatic heterocycles. The number of aromatic nitrogens is 1. The molecule has 5 heteroatoms. The van der Waals surface area contributed by atoms with E-state index in [4.69, 9.17) is 10.8 Å². The molecule has 0 saturated carbocycles.